The first-order chi connectivity index (χ1) is 11.7. The summed E-state index contributed by atoms with van der Waals surface area (Å²) < 4.78 is 4.68. The van der Waals surface area contributed by atoms with Gasteiger partial charge in [0.15, 0.2) is 0 Å². The van der Waals surface area contributed by atoms with E-state index in [-0.39, 0.29) is 12.3 Å². The van der Waals surface area contributed by atoms with Crippen LogP contribution in [0.15, 0.2) is 66.7 Å². The molecule has 0 aromatic heterocycles. The molecule has 0 radical (unpaired) electrons. The van der Waals surface area contributed by atoms with E-state index >= 15 is 0 Å². The van der Waals surface area contributed by atoms with E-state index in [0.29, 0.717) is 11.3 Å². The van der Waals surface area contributed by atoms with Crippen LogP contribution in [0.5, 0.6) is 0 Å². The summed E-state index contributed by atoms with van der Waals surface area (Å²) >= 11 is 0. The Labute approximate surface area is 140 Å². The Hall–Kier alpha value is -3.14. The molecule has 4 heteroatoms. The van der Waals surface area contributed by atoms with Crippen LogP contribution in [0.25, 0.3) is 10.8 Å². The van der Waals surface area contributed by atoms with Gasteiger partial charge in [0.2, 0.25) is 5.91 Å². The fourth-order valence-electron chi connectivity index (χ4n) is 2.58. The molecule has 0 saturated carbocycles. The zero-order valence-corrected chi connectivity index (χ0v) is 13.3. The molecule has 0 atom stereocenters. The van der Waals surface area contributed by atoms with Crippen molar-refractivity contribution in [3.8, 4) is 0 Å². The van der Waals surface area contributed by atoms with E-state index < -0.39 is 5.97 Å². The first-order valence-electron chi connectivity index (χ1n) is 7.61. The van der Waals surface area contributed by atoms with Crippen molar-refractivity contribution in [2.75, 3.05) is 12.4 Å². The van der Waals surface area contributed by atoms with Crippen LogP contribution in [0, 0.1) is 0 Å². The molecule has 120 valence electrons. The molecule has 0 bridgehead atoms. The normalized spacial score (nSPS) is 10.4. The number of hydrogen-bond donors (Lipinski definition) is 1. The largest absolute Gasteiger partial charge is 0.465 e. The number of rotatable bonds is 4. The zero-order valence-electron chi connectivity index (χ0n) is 13.3. The van der Waals surface area contributed by atoms with Crippen molar-refractivity contribution >= 4 is 28.3 Å². The summed E-state index contributed by atoms with van der Waals surface area (Å²) in [4.78, 5) is 23.8. The van der Waals surface area contributed by atoms with E-state index in [0.717, 1.165) is 16.3 Å². The summed E-state index contributed by atoms with van der Waals surface area (Å²) in [5.74, 6) is -0.562. The average Bonchev–Trinajstić information content (AvgIpc) is 2.61. The van der Waals surface area contributed by atoms with E-state index in [1.807, 2.05) is 42.5 Å². The summed E-state index contributed by atoms with van der Waals surface area (Å²) in [7, 11) is 1.33. The van der Waals surface area contributed by atoms with Gasteiger partial charge in [-0.3, -0.25) is 4.79 Å². The van der Waals surface area contributed by atoms with Crippen LogP contribution < -0.4 is 5.32 Å². The Balaban J connectivity index is 1.71. The summed E-state index contributed by atoms with van der Waals surface area (Å²) in [5.41, 5.74) is 1.92. The maximum atomic E-state index is 12.2. The Morgan fingerprint density at radius 3 is 2.50 bits per heavy atom. The highest BCUT2D eigenvalue weighted by molar-refractivity contribution is 5.95. The molecule has 0 saturated heterocycles. The first-order valence-corrected chi connectivity index (χ1v) is 7.61. The third-order valence-electron chi connectivity index (χ3n) is 3.75. The third-order valence-corrected chi connectivity index (χ3v) is 3.75. The average molecular weight is 319 g/mol. The van der Waals surface area contributed by atoms with Crippen molar-refractivity contribution in [1.82, 2.24) is 0 Å². The number of ether oxygens (including phenoxy) is 1. The van der Waals surface area contributed by atoms with Crippen LogP contribution in [0.2, 0.25) is 0 Å². The predicted octanol–water partition coefficient (Wildman–Crippen LogP) is 3.81. The van der Waals surface area contributed by atoms with Gasteiger partial charge in [-0.05, 0) is 34.5 Å². The molecule has 0 unspecified atom stereocenters. The number of benzene rings is 3. The molecule has 0 heterocycles. The van der Waals surface area contributed by atoms with Gasteiger partial charge < -0.3 is 10.1 Å². The first kappa shape index (κ1) is 15.7. The second kappa shape index (κ2) is 6.96. The van der Waals surface area contributed by atoms with Gasteiger partial charge in [0.1, 0.15) is 0 Å². The quantitative estimate of drug-likeness (QED) is 0.744. The Kier molecular flexibility index (Phi) is 4.57. The lowest BCUT2D eigenvalue weighted by molar-refractivity contribution is -0.115. The van der Waals surface area contributed by atoms with Crippen LogP contribution in [-0.2, 0) is 16.0 Å². The van der Waals surface area contributed by atoms with Gasteiger partial charge in [-0.2, -0.15) is 0 Å². The topological polar surface area (TPSA) is 55.4 Å². The highest BCUT2D eigenvalue weighted by Crippen LogP contribution is 2.17. The lowest BCUT2D eigenvalue weighted by Crippen LogP contribution is -2.14. The molecular weight excluding hydrogens is 302 g/mol. The van der Waals surface area contributed by atoms with Gasteiger partial charge in [-0.1, -0.05) is 48.5 Å². The highest BCUT2D eigenvalue weighted by Gasteiger charge is 2.08. The number of hydrogen-bond acceptors (Lipinski definition) is 3. The second-order valence-electron chi connectivity index (χ2n) is 5.48. The molecule has 3 aromatic carbocycles. The monoisotopic (exact) mass is 319 g/mol. The Morgan fingerprint density at radius 2 is 1.71 bits per heavy atom. The number of anilines is 1. The summed E-state index contributed by atoms with van der Waals surface area (Å²) in [5, 5.41) is 5.06. The summed E-state index contributed by atoms with van der Waals surface area (Å²) in [6.45, 7) is 0. The van der Waals surface area contributed by atoms with E-state index in [1.165, 1.54) is 7.11 Å². The minimum atomic E-state index is -0.430. The minimum Gasteiger partial charge on any atom is -0.465 e. The van der Waals surface area contributed by atoms with Crippen LogP contribution in [0.3, 0.4) is 0 Å². The summed E-state index contributed by atoms with van der Waals surface area (Å²) in [6.07, 6.45) is 0.271. The van der Waals surface area contributed by atoms with Gasteiger partial charge >= 0.3 is 5.97 Å². The smallest absolute Gasteiger partial charge is 0.337 e. The van der Waals surface area contributed by atoms with Gasteiger partial charge in [-0.25, -0.2) is 4.79 Å². The van der Waals surface area contributed by atoms with Crippen molar-refractivity contribution in [2.45, 2.75) is 6.42 Å². The van der Waals surface area contributed by atoms with Crippen LogP contribution in [-0.4, -0.2) is 19.0 Å². The number of fused-ring (bicyclic) bond motifs is 1. The molecule has 3 aromatic rings. The van der Waals surface area contributed by atoms with E-state index in [4.69, 9.17) is 0 Å². The molecule has 0 aliphatic rings. The van der Waals surface area contributed by atoms with Gasteiger partial charge in [-0.15, -0.1) is 0 Å². The predicted molar refractivity (Wildman–Crippen MR) is 94.1 cm³/mol. The fraction of sp³-hybridized carbons (Fsp3) is 0.100. The molecule has 0 spiro atoms. The number of esters is 1. The van der Waals surface area contributed by atoms with Crippen molar-refractivity contribution < 1.29 is 14.3 Å². The third kappa shape index (κ3) is 3.60. The molecule has 1 amide bonds. The van der Waals surface area contributed by atoms with Crippen molar-refractivity contribution in [3.63, 3.8) is 0 Å². The second-order valence-corrected chi connectivity index (χ2v) is 5.48. The van der Waals surface area contributed by atoms with Crippen molar-refractivity contribution in [2.24, 2.45) is 0 Å². The standard InChI is InChI=1S/C20H17NO3/c1-24-20(23)17-7-4-8-18(13-17)21-19(22)12-14-9-10-15-5-2-3-6-16(15)11-14/h2-11,13H,12H2,1H3,(H,21,22). The van der Waals surface area contributed by atoms with Crippen LogP contribution >= 0.6 is 0 Å². The van der Waals surface area contributed by atoms with E-state index in [1.54, 1.807) is 24.3 Å². The molecule has 1 N–H and O–H groups in total. The van der Waals surface area contributed by atoms with Crippen LogP contribution in [0.4, 0.5) is 5.69 Å². The number of nitrogens with one attached hydrogen (secondary N) is 1. The SMILES string of the molecule is COC(=O)c1cccc(NC(=O)Cc2ccc3ccccc3c2)c1. The highest BCUT2D eigenvalue weighted by atomic mass is 16.5. The fourth-order valence-corrected chi connectivity index (χ4v) is 2.58. The maximum Gasteiger partial charge on any atom is 0.337 e. The van der Waals surface area contributed by atoms with Crippen LogP contribution in [0.1, 0.15) is 15.9 Å². The molecular formula is C20H17NO3. The van der Waals surface area contributed by atoms with E-state index in [2.05, 4.69) is 10.1 Å². The molecule has 0 aliphatic heterocycles. The van der Waals surface area contributed by atoms with E-state index in [9.17, 15) is 9.59 Å². The number of methoxy groups -OCH3 is 1. The Morgan fingerprint density at radius 1 is 0.917 bits per heavy atom. The number of carbonyl (C=O) groups excluding carboxylic acids is 2. The number of amides is 1. The molecule has 4 nitrogen and oxygen atoms in total. The molecule has 24 heavy (non-hydrogen) atoms. The van der Waals surface area contributed by atoms with Gasteiger partial charge in [0, 0.05) is 5.69 Å². The lowest BCUT2D eigenvalue weighted by Gasteiger charge is -2.07. The van der Waals surface area contributed by atoms with Crippen molar-refractivity contribution in [1.29, 1.82) is 0 Å². The lowest BCUT2D eigenvalue weighted by atomic mass is 10.0. The van der Waals surface area contributed by atoms with Gasteiger partial charge in [0.05, 0.1) is 19.1 Å². The number of carbonyl (C=O) groups is 2. The maximum absolute atomic E-state index is 12.2. The molecule has 3 rings (SSSR count). The minimum absolute atomic E-state index is 0.132. The molecule has 0 aliphatic carbocycles. The van der Waals surface area contributed by atoms with Gasteiger partial charge in [0.25, 0.3) is 0 Å². The Bertz CT molecular complexity index is 902. The molecule has 0 fully saturated rings. The van der Waals surface area contributed by atoms with Crippen molar-refractivity contribution in [3.05, 3.63) is 77.9 Å². The summed E-state index contributed by atoms with van der Waals surface area (Å²) in [6, 6.07) is 20.7. The zero-order chi connectivity index (χ0) is 16.9.